The Bertz CT molecular complexity index is 587. The summed E-state index contributed by atoms with van der Waals surface area (Å²) in [4.78, 5) is 12.9. The minimum atomic E-state index is -0.166. The smallest absolute Gasteiger partial charge is 0.262 e. The molecule has 1 N–H and O–H groups in total. The van der Waals surface area contributed by atoms with Crippen molar-refractivity contribution in [3.63, 3.8) is 0 Å². The first-order chi connectivity index (χ1) is 9.67. The lowest BCUT2D eigenvalue weighted by molar-refractivity contribution is -0.118. The lowest BCUT2D eigenvalue weighted by Gasteiger charge is -2.08. The summed E-state index contributed by atoms with van der Waals surface area (Å²) in [7, 11) is 0. The van der Waals surface area contributed by atoms with E-state index in [0.29, 0.717) is 5.75 Å². The molecule has 0 heterocycles. The first-order valence-corrected chi connectivity index (χ1v) is 8.30. The second-order valence-corrected chi connectivity index (χ2v) is 6.15. The van der Waals surface area contributed by atoms with Gasteiger partial charge < -0.3 is 10.1 Å². The molecular formula is C15H14INO2S. The molecule has 5 heteroatoms. The fourth-order valence-electron chi connectivity index (χ4n) is 1.58. The van der Waals surface area contributed by atoms with Gasteiger partial charge in [0.15, 0.2) is 6.61 Å². The van der Waals surface area contributed by atoms with Crippen molar-refractivity contribution in [3.8, 4) is 5.75 Å². The monoisotopic (exact) mass is 399 g/mol. The maximum absolute atomic E-state index is 11.8. The van der Waals surface area contributed by atoms with Crippen LogP contribution < -0.4 is 10.1 Å². The number of nitrogens with one attached hydrogen (secondary N) is 1. The van der Waals surface area contributed by atoms with Crippen LogP contribution in [0.2, 0.25) is 0 Å². The molecule has 0 radical (unpaired) electrons. The van der Waals surface area contributed by atoms with Gasteiger partial charge >= 0.3 is 0 Å². The van der Waals surface area contributed by atoms with Crippen molar-refractivity contribution in [1.29, 1.82) is 0 Å². The van der Waals surface area contributed by atoms with E-state index < -0.39 is 0 Å². The molecule has 0 spiro atoms. The average Bonchev–Trinajstić information content (AvgIpc) is 2.46. The van der Waals surface area contributed by atoms with Gasteiger partial charge in [-0.3, -0.25) is 4.79 Å². The highest BCUT2D eigenvalue weighted by Gasteiger charge is 2.04. The minimum absolute atomic E-state index is 0.00406. The molecule has 0 saturated heterocycles. The summed E-state index contributed by atoms with van der Waals surface area (Å²) in [5.74, 6) is 0.529. The van der Waals surface area contributed by atoms with Gasteiger partial charge in [-0.05, 0) is 71.3 Å². The minimum Gasteiger partial charge on any atom is -0.484 e. The molecule has 0 bridgehead atoms. The Morgan fingerprint density at radius 1 is 1.25 bits per heavy atom. The van der Waals surface area contributed by atoms with Crippen LogP contribution in [-0.4, -0.2) is 18.8 Å². The van der Waals surface area contributed by atoms with E-state index in [1.165, 1.54) is 4.90 Å². The van der Waals surface area contributed by atoms with Gasteiger partial charge in [0.2, 0.25) is 0 Å². The van der Waals surface area contributed by atoms with Crippen LogP contribution in [0, 0.1) is 3.57 Å². The third-order valence-corrected chi connectivity index (χ3v) is 3.95. The topological polar surface area (TPSA) is 38.3 Å². The summed E-state index contributed by atoms with van der Waals surface area (Å²) in [5.41, 5.74) is 0.781. The van der Waals surface area contributed by atoms with Crippen molar-refractivity contribution in [2.75, 3.05) is 18.2 Å². The van der Waals surface area contributed by atoms with Crippen molar-refractivity contribution in [1.82, 2.24) is 0 Å². The lowest BCUT2D eigenvalue weighted by atomic mass is 10.3. The van der Waals surface area contributed by atoms with Gasteiger partial charge in [-0.1, -0.05) is 6.07 Å². The summed E-state index contributed by atoms with van der Waals surface area (Å²) >= 11 is 3.87. The second-order valence-electron chi connectivity index (χ2n) is 4.02. The van der Waals surface area contributed by atoms with Crippen LogP contribution in [0.15, 0.2) is 53.4 Å². The normalized spacial score (nSPS) is 10.1. The van der Waals surface area contributed by atoms with E-state index in [1.807, 2.05) is 54.8 Å². The molecule has 3 nitrogen and oxygen atoms in total. The number of rotatable bonds is 5. The molecule has 0 aliphatic carbocycles. The second kappa shape index (κ2) is 7.54. The molecule has 104 valence electrons. The van der Waals surface area contributed by atoms with Crippen LogP contribution >= 0.6 is 34.4 Å². The highest BCUT2D eigenvalue weighted by Crippen LogP contribution is 2.19. The van der Waals surface area contributed by atoms with Gasteiger partial charge in [0.1, 0.15) is 5.75 Å². The number of hydrogen-bond donors (Lipinski definition) is 1. The summed E-state index contributed by atoms with van der Waals surface area (Å²) in [6.45, 7) is 0.00406. The number of carbonyl (C=O) groups is 1. The van der Waals surface area contributed by atoms with E-state index in [1.54, 1.807) is 11.8 Å². The van der Waals surface area contributed by atoms with E-state index in [4.69, 9.17) is 4.74 Å². The predicted octanol–water partition coefficient (Wildman–Crippen LogP) is 4.03. The van der Waals surface area contributed by atoms with Crippen LogP contribution in [0.5, 0.6) is 5.75 Å². The fraction of sp³-hybridized carbons (Fsp3) is 0.133. The Balaban J connectivity index is 1.85. The first kappa shape index (κ1) is 15.2. The van der Waals surface area contributed by atoms with Crippen molar-refractivity contribution in [3.05, 3.63) is 52.1 Å². The van der Waals surface area contributed by atoms with E-state index in [0.717, 1.165) is 9.26 Å². The lowest BCUT2D eigenvalue weighted by Crippen LogP contribution is -2.20. The van der Waals surface area contributed by atoms with E-state index in [2.05, 4.69) is 27.9 Å². The molecule has 1 amide bonds. The number of benzene rings is 2. The third kappa shape index (κ3) is 4.72. The predicted molar refractivity (Wildman–Crippen MR) is 91.5 cm³/mol. The Morgan fingerprint density at radius 2 is 2.00 bits per heavy atom. The number of amides is 1. The number of thioether (sulfide) groups is 1. The SMILES string of the molecule is CSc1ccc(OCC(=O)Nc2cccc(I)c2)cc1. The van der Waals surface area contributed by atoms with E-state index >= 15 is 0 Å². The maximum Gasteiger partial charge on any atom is 0.262 e. The molecule has 0 fully saturated rings. The van der Waals surface area contributed by atoms with Crippen LogP contribution in [-0.2, 0) is 4.79 Å². The van der Waals surface area contributed by atoms with Crippen LogP contribution in [0.4, 0.5) is 5.69 Å². The number of anilines is 1. The van der Waals surface area contributed by atoms with Crippen LogP contribution in [0.1, 0.15) is 0 Å². The van der Waals surface area contributed by atoms with Gasteiger partial charge in [-0.25, -0.2) is 0 Å². The van der Waals surface area contributed by atoms with Crippen molar-refractivity contribution < 1.29 is 9.53 Å². The van der Waals surface area contributed by atoms with Crippen molar-refractivity contribution in [2.45, 2.75) is 4.90 Å². The number of carbonyl (C=O) groups excluding carboxylic acids is 1. The Kier molecular flexibility index (Phi) is 5.72. The average molecular weight is 399 g/mol. The van der Waals surface area contributed by atoms with Gasteiger partial charge in [0.25, 0.3) is 5.91 Å². The van der Waals surface area contributed by atoms with Crippen molar-refractivity contribution >= 4 is 45.9 Å². The molecule has 0 aromatic heterocycles. The highest BCUT2D eigenvalue weighted by molar-refractivity contribution is 14.1. The summed E-state index contributed by atoms with van der Waals surface area (Å²) in [5, 5.41) is 2.80. The molecule has 0 aliphatic heterocycles. The molecule has 0 atom stereocenters. The standard InChI is InChI=1S/C15H14INO2S/c1-20-14-7-5-13(6-8-14)19-10-15(18)17-12-4-2-3-11(16)9-12/h2-9H,10H2,1H3,(H,17,18). The Labute approximate surface area is 136 Å². The molecule has 0 aliphatic rings. The van der Waals surface area contributed by atoms with Gasteiger partial charge in [0.05, 0.1) is 0 Å². The Morgan fingerprint density at radius 3 is 2.65 bits per heavy atom. The molecule has 0 saturated carbocycles. The zero-order valence-corrected chi connectivity index (χ0v) is 13.9. The van der Waals surface area contributed by atoms with Crippen LogP contribution in [0.3, 0.4) is 0 Å². The van der Waals surface area contributed by atoms with Gasteiger partial charge in [0, 0.05) is 14.2 Å². The summed E-state index contributed by atoms with van der Waals surface area (Å²) in [6, 6.07) is 15.3. The zero-order valence-electron chi connectivity index (χ0n) is 10.9. The number of hydrogen-bond acceptors (Lipinski definition) is 3. The number of halogens is 1. The van der Waals surface area contributed by atoms with E-state index in [-0.39, 0.29) is 12.5 Å². The third-order valence-electron chi connectivity index (χ3n) is 2.54. The molecule has 2 aromatic carbocycles. The molecule has 2 rings (SSSR count). The molecule has 20 heavy (non-hydrogen) atoms. The summed E-state index contributed by atoms with van der Waals surface area (Å²) < 4.78 is 6.52. The molecule has 0 unspecified atom stereocenters. The largest absolute Gasteiger partial charge is 0.484 e. The van der Waals surface area contributed by atoms with Crippen LogP contribution in [0.25, 0.3) is 0 Å². The van der Waals surface area contributed by atoms with E-state index in [9.17, 15) is 4.79 Å². The molecular weight excluding hydrogens is 385 g/mol. The van der Waals surface area contributed by atoms with Gasteiger partial charge in [-0.2, -0.15) is 0 Å². The quantitative estimate of drug-likeness (QED) is 0.610. The summed E-state index contributed by atoms with van der Waals surface area (Å²) in [6.07, 6.45) is 2.02. The van der Waals surface area contributed by atoms with Crippen molar-refractivity contribution in [2.24, 2.45) is 0 Å². The first-order valence-electron chi connectivity index (χ1n) is 5.99. The fourth-order valence-corrected chi connectivity index (χ4v) is 2.54. The van der Waals surface area contributed by atoms with Gasteiger partial charge in [-0.15, -0.1) is 11.8 Å². The Hall–Kier alpha value is -1.21. The number of ether oxygens (including phenoxy) is 1. The maximum atomic E-state index is 11.8. The highest BCUT2D eigenvalue weighted by atomic mass is 127. The molecule has 2 aromatic rings. The zero-order chi connectivity index (χ0) is 14.4.